The van der Waals surface area contributed by atoms with Crippen LogP contribution in [0.4, 0.5) is 5.82 Å². The number of carbonyl (C=O) groups excluding carboxylic acids is 1. The zero-order valence-corrected chi connectivity index (χ0v) is 11.7. The standard InChI is InChI=1S/C16H17N3O2/c20-16(13-3-1-4-13)19-15-14(5-2-8-18-15)21-11-12-6-9-17-10-7-12/h2,5-10,13H,1,3-4,11H2,(H,18,19,20). The third-order valence-electron chi connectivity index (χ3n) is 3.63. The van der Waals surface area contributed by atoms with E-state index in [9.17, 15) is 4.79 Å². The number of hydrogen-bond donors (Lipinski definition) is 1. The highest BCUT2D eigenvalue weighted by molar-refractivity contribution is 5.93. The SMILES string of the molecule is O=C(Nc1ncccc1OCc1ccncc1)C1CCC1. The smallest absolute Gasteiger partial charge is 0.228 e. The van der Waals surface area contributed by atoms with Gasteiger partial charge in [-0.2, -0.15) is 0 Å². The monoisotopic (exact) mass is 283 g/mol. The molecule has 5 heteroatoms. The van der Waals surface area contributed by atoms with E-state index < -0.39 is 0 Å². The molecular weight excluding hydrogens is 266 g/mol. The van der Waals surface area contributed by atoms with E-state index in [1.165, 1.54) is 0 Å². The first-order valence-electron chi connectivity index (χ1n) is 7.10. The van der Waals surface area contributed by atoms with E-state index in [-0.39, 0.29) is 11.8 Å². The first kappa shape index (κ1) is 13.5. The fourth-order valence-electron chi connectivity index (χ4n) is 2.13. The zero-order valence-electron chi connectivity index (χ0n) is 11.7. The van der Waals surface area contributed by atoms with Gasteiger partial charge >= 0.3 is 0 Å². The Morgan fingerprint density at radius 3 is 2.76 bits per heavy atom. The van der Waals surface area contributed by atoms with Crippen LogP contribution < -0.4 is 10.1 Å². The minimum absolute atomic E-state index is 0.0358. The number of pyridine rings is 2. The van der Waals surface area contributed by atoms with Crippen molar-refractivity contribution in [2.75, 3.05) is 5.32 Å². The average Bonchev–Trinajstić information content (AvgIpc) is 2.45. The predicted octanol–water partition coefficient (Wildman–Crippen LogP) is 2.79. The highest BCUT2D eigenvalue weighted by Gasteiger charge is 2.26. The van der Waals surface area contributed by atoms with Gasteiger partial charge in [0.05, 0.1) is 0 Å². The Balaban J connectivity index is 1.66. The van der Waals surface area contributed by atoms with Gasteiger partial charge in [-0.05, 0) is 42.7 Å². The van der Waals surface area contributed by atoms with Gasteiger partial charge in [0.25, 0.3) is 0 Å². The lowest BCUT2D eigenvalue weighted by Crippen LogP contribution is -2.28. The topological polar surface area (TPSA) is 64.1 Å². The van der Waals surface area contributed by atoms with Gasteiger partial charge in [0.15, 0.2) is 11.6 Å². The number of anilines is 1. The lowest BCUT2D eigenvalue weighted by atomic mass is 9.85. The Kier molecular flexibility index (Phi) is 4.09. The summed E-state index contributed by atoms with van der Waals surface area (Å²) >= 11 is 0. The first-order chi connectivity index (χ1) is 10.3. The molecule has 0 bridgehead atoms. The van der Waals surface area contributed by atoms with Crippen molar-refractivity contribution < 1.29 is 9.53 Å². The molecular formula is C16H17N3O2. The second-order valence-corrected chi connectivity index (χ2v) is 5.11. The maximum atomic E-state index is 12.0. The van der Waals surface area contributed by atoms with E-state index in [0.29, 0.717) is 18.2 Å². The number of nitrogens with one attached hydrogen (secondary N) is 1. The third-order valence-corrected chi connectivity index (χ3v) is 3.63. The van der Waals surface area contributed by atoms with Gasteiger partial charge in [0, 0.05) is 24.5 Å². The summed E-state index contributed by atoms with van der Waals surface area (Å²) < 4.78 is 5.75. The molecule has 2 aromatic rings. The molecule has 2 aromatic heterocycles. The van der Waals surface area contributed by atoms with Crippen LogP contribution in [0, 0.1) is 5.92 Å². The van der Waals surface area contributed by atoms with Crippen LogP contribution in [0.1, 0.15) is 24.8 Å². The number of rotatable bonds is 5. The summed E-state index contributed by atoms with van der Waals surface area (Å²) in [6, 6.07) is 7.39. The largest absolute Gasteiger partial charge is 0.485 e. The second kappa shape index (κ2) is 6.35. The van der Waals surface area contributed by atoms with E-state index in [1.807, 2.05) is 18.2 Å². The van der Waals surface area contributed by atoms with E-state index in [0.717, 1.165) is 24.8 Å². The Bertz CT molecular complexity index is 612. The van der Waals surface area contributed by atoms with Crippen molar-refractivity contribution in [3.8, 4) is 5.75 Å². The molecule has 1 saturated carbocycles. The molecule has 1 fully saturated rings. The van der Waals surface area contributed by atoms with Crippen LogP contribution in [-0.4, -0.2) is 15.9 Å². The highest BCUT2D eigenvalue weighted by Crippen LogP contribution is 2.29. The predicted molar refractivity (Wildman–Crippen MR) is 78.8 cm³/mol. The van der Waals surface area contributed by atoms with Crippen LogP contribution in [0.25, 0.3) is 0 Å². The number of hydrogen-bond acceptors (Lipinski definition) is 4. The summed E-state index contributed by atoms with van der Waals surface area (Å²) in [6.07, 6.45) is 8.15. The van der Waals surface area contributed by atoms with Crippen LogP contribution in [0.3, 0.4) is 0 Å². The molecule has 21 heavy (non-hydrogen) atoms. The minimum Gasteiger partial charge on any atom is -0.485 e. The number of amides is 1. The quantitative estimate of drug-likeness (QED) is 0.916. The van der Waals surface area contributed by atoms with Crippen molar-refractivity contribution in [1.82, 2.24) is 9.97 Å². The van der Waals surface area contributed by atoms with Gasteiger partial charge in [0.1, 0.15) is 6.61 Å². The molecule has 5 nitrogen and oxygen atoms in total. The van der Waals surface area contributed by atoms with Gasteiger partial charge in [-0.3, -0.25) is 9.78 Å². The first-order valence-corrected chi connectivity index (χ1v) is 7.10. The molecule has 2 heterocycles. The van der Waals surface area contributed by atoms with Gasteiger partial charge in [-0.25, -0.2) is 4.98 Å². The van der Waals surface area contributed by atoms with E-state index in [2.05, 4.69) is 15.3 Å². The molecule has 1 amide bonds. The van der Waals surface area contributed by atoms with Gasteiger partial charge in [-0.1, -0.05) is 6.42 Å². The summed E-state index contributed by atoms with van der Waals surface area (Å²) in [6.45, 7) is 0.417. The van der Waals surface area contributed by atoms with Crippen LogP contribution in [-0.2, 0) is 11.4 Å². The molecule has 0 radical (unpaired) electrons. The van der Waals surface area contributed by atoms with Crippen molar-refractivity contribution >= 4 is 11.7 Å². The van der Waals surface area contributed by atoms with Crippen LogP contribution >= 0.6 is 0 Å². The summed E-state index contributed by atoms with van der Waals surface area (Å²) in [4.78, 5) is 20.2. The second-order valence-electron chi connectivity index (χ2n) is 5.11. The Labute approximate surface area is 123 Å². The van der Waals surface area contributed by atoms with Gasteiger partial charge < -0.3 is 10.1 Å². The maximum Gasteiger partial charge on any atom is 0.228 e. The van der Waals surface area contributed by atoms with Crippen LogP contribution in [0.15, 0.2) is 42.9 Å². The Hall–Kier alpha value is -2.43. The van der Waals surface area contributed by atoms with Crippen LogP contribution in [0.2, 0.25) is 0 Å². The molecule has 1 aliphatic rings. The van der Waals surface area contributed by atoms with E-state index in [1.54, 1.807) is 24.7 Å². The number of aromatic nitrogens is 2. The molecule has 1 aliphatic carbocycles. The van der Waals surface area contributed by atoms with Crippen molar-refractivity contribution in [3.05, 3.63) is 48.4 Å². The van der Waals surface area contributed by atoms with Crippen LogP contribution in [0.5, 0.6) is 5.75 Å². The van der Waals surface area contributed by atoms with Crippen molar-refractivity contribution in [2.24, 2.45) is 5.92 Å². The zero-order chi connectivity index (χ0) is 14.5. The summed E-state index contributed by atoms with van der Waals surface area (Å²) in [7, 11) is 0. The molecule has 0 aromatic carbocycles. The molecule has 0 atom stereocenters. The molecule has 1 N–H and O–H groups in total. The van der Waals surface area contributed by atoms with E-state index >= 15 is 0 Å². The van der Waals surface area contributed by atoms with Crippen molar-refractivity contribution in [2.45, 2.75) is 25.9 Å². The normalized spacial score (nSPS) is 14.3. The fraction of sp³-hybridized carbons (Fsp3) is 0.312. The Morgan fingerprint density at radius 1 is 1.24 bits per heavy atom. The molecule has 0 saturated heterocycles. The van der Waals surface area contributed by atoms with E-state index in [4.69, 9.17) is 4.74 Å². The number of carbonyl (C=O) groups is 1. The average molecular weight is 283 g/mol. The minimum atomic E-state index is 0.0358. The molecule has 108 valence electrons. The van der Waals surface area contributed by atoms with Crippen molar-refractivity contribution in [1.29, 1.82) is 0 Å². The molecule has 0 spiro atoms. The number of nitrogens with zero attached hydrogens (tertiary/aromatic N) is 2. The Morgan fingerprint density at radius 2 is 2.05 bits per heavy atom. The summed E-state index contributed by atoms with van der Waals surface area (Å²) in [5, 5.41) is 2.86. The molecule has 0 unspecified atom stereocenters. The fourth-order valence-corrected chi connectivity index (χ4v) is 2.13. The molecule has 3 rings (SSSR count). The summed E-state index contributed by atoms with van der Waals surface area (Å²) in [5.74, 6) is 1.24. The highest BCUT2D eigenvalue weighted by atomic mass is 16.5. The number of ether oxygens (including phenoxy) is 1. The lowest BCUT2D eigenvalue weighted by molar-refractivity contribution is -0.122. The maximum absolute atomic E-state index is 12.0. The van der Waals surface area contributed by atoms with Gasteiger partial charge in [0.2, 0.25) is 5.91 Å². The third kappa shape index (κ3) is 3.37. The lowest BCUT2D eigenvalue weighted by Gasteiger charge is -2.24. The van der Waals surface area contributed by atoms with Gasteiger partial charge in [-0.15, -0.1) is 0 Å². The van der Waals surface area contributed by atoms with Crippen molar-refractivity contribution in [3.63, 3.8) is 0 Å². The molecule has 0 aliphatic heterocycles. The summed E-state index contributed by atoms with van der Waals surface area (Å²) in [5.41, 5.74) is 1.02.